The molecule has 0 radical (unpaired) electrons. The standard InChI is InChI=1S/C21H22N6O/c1-2-28-21-25-18-16-4-3-15(14-5-7-22-8-6-14)13-17(16)24-19(18)20(26-21)27-11-9-23-10-12-27/h3-8,13,23-24H,2,9-12H2,1H3. The van der Waals surface area contributed by atoms with Gasteiger partial charge in [-0.05, 0) is 36.2 Å². The van der Waals surface area contributed by atoms with Crippen molar-refractivity contribution in [1.82, 2.24) is 25.3 Å². The Labute approximate surface area is 162 Å². The molecule has 1 aromatic carbocycles. The van der Waals surface area contributed by atoms with Crippen LogP contribution >= 0.6 is 0 Å². The van der Waals surface area contributed by atoms with Crippen LogP contribution in [-0.4, -0.2) is 52.7 Å². The number of nitrogens with one attached hydrogen (secondary N) is 2. The molecule has 0 unspecified atom stereocenters. The molecule has 7 nitrogen and oxygen atoms in total. The number of anilines is 1. The zero-order valence-electron chi connectivity index (χ0n) is 15.8. The van der Waals surface area contributed by atoms with Gasteiger partial charge in [-0.1, -0.05) is 12.1 Å². The van der Waals surface area contributed by atoms with Crippen molar-refractivity contribution in [3.63, 3.8) is 0 Å². The Morgan fingerprint density at radius 2 is 1.86 bits per heavy atom. The quantitative estimate of drug-likeness (QED) is 0.572. The topological polar surface area (TPSA) is 79.0 Å². The van der Waals surface area contributed by atoms with Crippen LogP contribution in [-0.2, 0) is 0 Å². The number of pyridine rings is 1. The minimum Gasteiger partial charge on any atom is -0.464 e. The monoisotopic (exact) mass is 374 g/mol. The van der Waals surface area contributed by atoms with E-state index in [1.54, 1.807) is 0 Å². The lowest BCUT2D eigenvalue weighted by Crippen LogP contribution is -2.44. The summed E-state index contributed by atoms with van der Waals surface area (Å²) in [6.45, 7) is 6.21. The molecular weight excluding hydrogens is 352 g/mol. The Kier molecular flexibility index (Phi) is 4.29. The van der Waals surface area contributed by atoms with Gasteiger partial charge in [0.2, 0.25) is 0 Å². The summed E-state index contributed by atoms with van der Waals surface area (Å²) < 4.78 is 5.67. The van der Waals surface area contributed by atoms with Crippen LogP contribution < -0.4 is 15.0 Å². The Balaban J connectivity index is 1.70. The maximum Gasteiger partial charge on any atom is 0.319 e. The first-order chi connectivity index (χ1) is 13.8. The molecule has 4 aromatic rings. The van der Waals surface area contributed by atoms with E-state index in [4.69, 9.17) is 14.7 Å². The summed E-state index contributed by atoms with van der Waals surface area (Å²) >= 11 is 0. The number of ether oxygens (including phenoxy) is 1. The lowest BCUT2D eigenvalue weighted by Gasteiger charge is -2.28. The lowest BCUT2D eigenvalue weighted by atomic mass is 10.1. The number of aromatic amines is 1. The third-order valence-electron chi connectivity index (χ3n) is 5.11. The van der Waals surface area contributed by atoms with Crippen molar-refractivity contribution >= 4 is 27.8 Å². The zero-order chi connectivity index (χ0) is 18.9. The average molecular weight is 374 g/mol. The molecule has 5 rings (SSSR count). The summed E-state index contributed by atoms with van der Waals surface area (Å²) in [5.74, 6) is 0.914. The summed E-state index contributed by atoms with van der Waals surface area (Å²) in [7, 11) is 0. The van der Waals surface area contributed by atoms with Crippen molar-refractivity contribution in [3.05, 3.63) is 42.7 Å². The minimum absolute atomic E-state index is 0.433. The molecule has 7 heteroatoms. The minimum atomic E-state index is 0.433. The second-order valence-electron chi connectivity index (χ2n) is 6.84. The van der Waals surface area contributed by atoms with E-state index in [0.717, 1.165) is 65.1 Å². The van der Waals surface area contributed by atoms with E-state index in [9.17, 15) is 0 Å². The van der Waals surface area contributed by atoms with Gasteiger partial charge in [-0.3, -0.25) is 4.98 Å². The van der Waals surface area contributed by atoms with Crippen molar-refractivity contribution in [2.45, 2.75) is 6.92 Å². The SMILES string of the molecule is CCOc1nc(N2CCNCC2)c2[nH]c3cc(-c4ccncc4)ccc3c2n1. The van der Waals surface area contributed by atoms with Crippen molar-refractivity contribution < 1.29 is 4.74 Å². The lowest BCUT2D eigenvalue weighted by molar-refractivity contribution is 0.314. The molecule has 1 fully saturated rings. The van der Waals surface area contributed by atoms with Crippen LogP contribution in [0.2, 0.25) is 0 Å². The van der Waals surface area contributed by atoms with Gasteiger partial charge in [-0.25, -0.2) is 0 Å². The number of hydrogen-bond donors (Lipinski definition) is 2. The number of H-pyrrole nitrogens is 1. The highest BCUT2D eigenvalue weighted by Crippen LogP contribution is 2.33. The maximum atomic E-state index is 5.67. The van der Waals surface area contributed by atoms with Crippen LogP contribution in [0.4, 0.5) is 5.82 Å². The average Bonchev–Trinajstić information content (AvgIpc) is 3.12. The number of nitrogens with zero attached hydrogens (tertiary/aromatic N) is 4. The summed E-state index contributed by atoms with van der Waals surface area (Å²) in [4.78, 5) is 19.4. The highest BCUT2D eigenvalue weighted by Gasteiger charge is 2.20. The second-order valence-corrected chi connectivity index (χ2v) is 6.84. The van der Waals surface area contributed by atoms with Gasteiger partial charge in [0.25, 0.3) is 0 Å². The van der Waals surface area contributed by atoms with Crippen molar-refractivity contribution in [1.29, 1.82) is 0 Å². The van der Waals surface area contributed by atoms with Gasteiger partial charge in [0, 0.05) is 49.5 Å². The molecule has 0 saturated carbocycles. The Morgan fingerprint density at radius 1 is 1.04 bits per heavy atom. The predicted octanol–water partition coefficient (Wildman–Crippen LogP) is 2.98. The van der Waals surface area contributed by atoms with Gasteiger partial charge in [-0.15, -0.1) is 0 Å². The molecule has 0 amide bonds. The van der Waals surface area contributed by atoms with E-state index >= 15 is 0 Å². The predicted molar refractivity (Wildman–Crippen MR) is 111 cm³/mol. The van der Waals surface area contributed by atoms with E-state index in [1.165, 1.54) is 0 Å². The van der Waals surface area contributed by atoms with Gasteiger partial charge >= 0.3 is 6.01 Å². The third kappa shape index (κ3) is 2.93. The number of rotatable bonds is 4. The first-order valence-electron chi connectivity index (χ1n) is 9.66. The molecule has 28 heavy (non-hydrogen) atoms. The van der Waals surface area contributed by atoms with Gasteiger partial charge in [0.05, 0.1) is 6.61 Å². The molecule has 0 aliphatic carbocycles. The van der Waals surface area contributed by atoms with Crippen molar-refractivity contribution in [3.8, 4) is 17.1 Å². The molecule has 4 heterocycles. The molecule has 0 spiro atoms. The number of benzene rings is 1. The molecule has 1 aliphatic heterocycles. The van der Waals surface area contributed by atoms with Crippen LogP contribution in [0.25, 0.3) is 33.1 Å². The molecule has 0 atom stereocenters. The first-order valence-corrected chi connectivity index (χ1v) is 9.66. The van der Waals surface area contributed by atoms with E-state index < -0.39 is 0 Å². The van der Waals surface area contributed by atoms with Gasteiger partial charge in [0.15, 0.2) is 5.82 Å². The molecule has 1 aliphatic rings. The number of hydrogen-bond acceptors (Lipinski definition) is 6. The fourth-order valence-electron chi connectivity index (χ4n) is 3.75. The van der Waals surface area contributed by atoms with Gasteiger partial charge in [0.1, 0.15) is 11.0 Å². The second kappa shape index (κ2) is 7.09. The summed E-state index contributed by atoms with van der Waals surface area (Å²) in [5.41, 5.74) is 5.20. The van der Waals surface area contributed by atoms with E-state index in [1.807, 2.05) is 31.5 Å². The first kappa shape index (κ1) is 16.9. The smallest absolute Gasteiger partial charge is 0.319 e. The summed E-state index contributed by atoms with van der Waals surface area (Å²) in [5, 5.41) is 4.47. The van der Waals surface area contributed by atoms with Crippen LogP contribution in [0.15, 0.2) is 42.7 Å². The van der Waals surface area contributed by atoms with Crippen LogP contribution in [0.3, 0.4) is 0 Å². The Morgan fingerprint density at radius 3 is 2.64 bits per heavy atom. The number of fused-ring (bicyclic) bond motifs is 3. The third-order valence-corrected chi connectivity index (χ3v) is 5.11. The van der Waals surface area contributed by atoms with E-state index in [0.29, 0.717) is 12.6 Å². The fraction of sp³-hybridized carbons (Fsp3) is 0.286. The molecular formula is C21H22N6O. The van der Waals surface area contributed by atoms with Gasteiger partial charge in [-0.2, -0.15) is 9.97 Å². The Bertz CT molecular complexity index is 1120. The highest BCUT2D eigenvalue weighted by molar-refractivity contribution is 6.09. The Hall–Kier alpha value is -3.19. The molecule has 1 saturated heterocycles. The molecule has 142 valence electrons. The molecule has 3 aromatic heterocycles. The van der Waals surface area contributed by atoms with Crippen molar-refractivity contribution in [2.75, 3.05) is 37.7 Å². The van der Waals surface area contributed by atoms with E-state index in [2.05, 4.69) is 38.4 Å². The largest absolute Gasteiger partial charge is 0.464 e. The maximum absolute atomic E-state index is 5.67. The number of piperazine rings is 1. The number of aromatic nitrogens is 4. The fourth-order valence-corrected chi connectivity index (χ4v) is 3.75. The van der Waals surface area contributed by atoms with Crippen LogP contribution in [0.5, 0.6) is 6.01 Å². The van der Waals surface area contributed by atoms with E-state index in [-0.39, 0.29) is 0 Å². The summed E-state index contributed by atoms with van der Waals surface area (Å²) in [6, 6.07) is 10.9. The highest BCUT2D eigenvalue weighted by atomic mass is 16.5. The molecule has 2 N–H and O–H groups in total. The van der Waals surface area contributed by atoms with Gasteiger partial charge < -0.3 is 19.9 Å². The zero-order valence-corrected chi connectivity index (χ0v) is 15.8. The normalized spacial score (nSPS) is 14.7. The van der Waals surface area contributed by atoms with Crippen molar-refractivity contribution in [2.24, 2.45) is 0 Å². The molecule has 0 bridgehead atoms. The van der Waals surface area contributed by atoms with Crippen LogP contribution in [0.1, 0.15) is 6.92 Å². The summed E-state index contributed by atoms with van der Waals surface area (Å²) in [6.07, 6.45) is 3.63. The van der Waals surface area contributed by atoms with Crippen LogP contribution in [0, 0.1) is 0 Å².